The Morgan fingerprint density at radius 1 is 0.868 bits per heavy atom. The van der Waals surface area contributed by atoms with Crippen LogP contribution in [0.15, 0.2) is 78.9 Å². The second kappa shape index (κ2) is 11.2. The molecule has 0 aromatic heterocycles. The van der Waals surface area contributed by atoms with Gasteiger partial charge in [-0.2, -0.15) is 26.3 Å². The number of hydrogen-bond donors (Lipinski definition) is 0. The Bertz CT molecular complexity index is 1160. The molecule has 1 heterocycles. The smallest absolute Gasteiger partial charge is 0.373 e. The van der Waals surface area contributed by atoms with Gasteiger partial charge in [0.15, 0.2) is 0 Å². The summed E-state index contributed by atoms with van der Waals surface area (Å²) in [4.78, 5) is 14.0. The lowest BCUT2D eigenvalue weighted by Gasteiger charge is -2.42. The number of amides is 1. The van der Waals surface area contributed by atoms with Gasteiger partial charge in [-0.15, -0.1) is 0 Å². The highest BCUT2D eigenvalue weighted by molar-refractivity contribution is 5.73. The lowest BCUT2D eigenvalue weighted by atomic mass is 9.75. The van der Waals surface area contributed by atoms with Crippen molar-refractivity contribution in [2.75, 3.05) is 13.1 Å². The van der Waals surface area contributed by atoms with Crippen molar-refractivity contribution in [1.82, 2.24) is 4.90 Å². The summed E-state index contributed by atoms with van der Waals surface area (Å²) in [7, 11) is 0. The molecule has 0 N–H and O–H groups in total. The molecule has 1 aliphatic heterocycles. The molecule has 0 aliphatic carbocycles. The minimum Gasteiger partial charge on any atom is -0.373 e. The SMILES string of the molecule is CC(=O)N1CC[C@H](OCc2cc(C(F)(F)F)cc(C(F)(F)F)c2)[C@H](C(c2ccccc2)c2ccccc2)C1. The molecule has 1 aliphatic rings. The molecule has 0 spiro atoms. The third kappa shape index (κ3) is 6.56. The van der Waals surface area contributed by atoms with Crippen molar-refractivity contribution in [2.24, 2.45) is 5.92 Å². The fourth-order valence-electron chi connectivity index (χ4n) is 5.09. The van der Waals surface area contributed by atoms with Crippen LogP contribution in [0.3, 0.4) is 0 Å². The highest BCUT2D eigenvalue weighted by atomic mass is 19.4. The molecule has 3 aromatic carbocycles. The van der Waals surface area contributed by atoms with E-state index in [1.54, 1.807) is 4.90 Å². The minimum atomic E-state index is -4.93. The maximum Gasteiger partial charge on any atom is 0.416 e. The lowest BCUT2D eigenvalue weighted by Crippen LogP contribution is -2.48. The van der Waals surface area contributed by atoms with Crippen LogP contribution in [0.4, 0.5) is 26.3 Å². The van der Waals surface area contributed by atoms with E-state index in [4.69, 9.17) is 4.74 Å². The topological polar surface area (TPSA) is 29.5 Å². The average Bonchev–Trinajstić information content (AvgIpc) is 2.88. The van der Waals surface area contributed by atoms with Gasteiger partial charge in [0.05, 0.1) is 23.8 Å². The number of ether oxygens (including phenoxy) is 1. The van der Waals surface area contributed by atoms with Gasteiger partial charge in [0.1, 0.15) is 0 Å². The summed E-state index contributed by atoms with van der Waals surface area (Å²) in [5.41, 5.74) is -1.02. The van der Waals surface area contributed by atoms with Crippen LogP contribution < -0.4 is 0 Å². The predicted molar refractivity (Wildman–Crippen MR) is 130 cm³/mol. The van der Waals surface area contributed by atoms with Crippen LogP contribution in [0.1, 0.15) is 47.1 Å². The number of likely N-dealkylation sites (tertiary alicyclic amines) is 1. The van der Waals surface area contributed by atoms with Crippen LogP contribution in [0.5, 0.6) is 0 Å². The van der Waals surface area contributed by atoms with Crippen molar-refractivity contribution < 1.29 is 35.9 Å². The van der Waals surface area contributed by atoms with Gasteiger partial charge in [0.25, 0.3) is 0 Å². The van der Waals surface area contributed by atoms with Gasteiger partial charge >= 0.3 is 12.4 Å². The Labute approximate surface area is 217 Å². The molecule has 0 radical (unpaired) electrons. The first-order valence-corrected chi connectivity index (χ1v) is 12.2. The van der Waals surface area contributed by atoms with Crippen LogP contribution in [0.2, 0.25) is 0 Å². The molecule has 1 saturated heterocycles. The normalized spacial score (nSPS) is 18.6. The van der Waals surface area contributed by atoms with E-state index in [0.717, 1.165) is 11.1 Å². The first-order chi connectivity index (χ1) is 17.9. The first-order valence-electron chi connectivity index (χ1n) is 12.2. The Morgan fingerprint density at radius 2 is 1.37 bits per heavy atom. The molecule has 3 nitrogen and oxygen atoms in total. The monoisotopic (exact) mass is 535 g/mol. The summed E-state index contributed by atoms with van der Waals surface area (Å²) in [5.74, 6) is -0.608. The van der Waals surface area contributed by atoms with Gasteiger partial charge in [0, 0.05) is 31.8 Å². The highest BCUT2D eigenvalue weighted by Gasteiger charge is 2.39. The van der Waals surface area contributed by atoms with Crippen LogP contribution in [0, 0.1) is 5.92 Å². The number of benzene rings is 3. The molecule has 3 aromatic rings. The fraction of sp³-hybridized carbons (Fsp3) is 0.345. The van der Waals surface area contributed by atoms with Crippen molar-refractivity contribution in [1.29, 1.82) is 0 Å². The van der Waals surface area contributed by atoms with Crippen molar-refractivity contribution in [2.45, 2.75) is 44.3 Å². The van der Waals surface area contributed by atoms with Gasteiger partial charge in [-0.25, -0.2) is 0 Å². The molecule has 1 fully saturated rings. The summed E-state index contributed by atoms with van der Waals surface area (Å²) in [6, 6.07) is 20.7. The third-order valence-electron chi connectivity index (χ3n) is 6.89. The second-order valence-corrected chi connectivity index (χ2v) is 9.48. The third-order valence-corrected chi connectivity index (χ3v) is 6.89. The molecular formula is C29H27F6NO2. The van der Waals surface area contributed by atoms with Crippen molar-refractivity contribution in [3.05, 3.63) is 107 Å². The Hall–Kier alpha value is -3.33. The number of hydrogen-bond acceptors (Lipinski definition) is 2. The number of halogens is 6. The minimum absolute atomic E-state index is 0.110. The highest BCUT2D eigenvalue weighted by Crippen LogP contribution is 2.40. The van der Waals surface area contributed by atoms with Gasteiger partial charge in [-0.1, -0.05) is 60.7 Å². The number of nitrogens with zero attached hydrogens (tertiary/aromatic N) is 1. The summed E-state index contributed by atoms with van der Waals surface area (Å²) in [5, 5.41) is 0. The maximum atomic E-state index is 13.3. The summed E-state index contributed by atoms with van der Waals surface area (Å²) >= 11 is 0. The quantitative estimate of drug-likeness (QED) is 0.310. The molecule has 2 atom stereocenters. The number of rotatable bonds is 6. The molecule has 0 unspecified atom stereocenters. The standard InChI is InChI=1S/C29H27F6NO2/c1-19(37)36-13-12-26(38-18-20-14-23(28(30,31)32)16-24(15-20)29(33,34)35)25(17-36)27(21-8-4-2-5-9-21)22-10-6-3-7-11-22/h2-11,14-16,25-27H,12-13,17-18H2,1H3/t25-,26+/m1/s1. The van der Waals surface area contributed by atoms with E-state index < -0.39 is 36.2 Å². The van der Waals surface area contributed by atoms with E-state index in [2.05, 4.69) is 0 Å². The molecule has 1 amide bonds. The number of piperidine rings is 1. The van der Waals surface area contributed by atoms with Gasteiger partial charge in [-0.3, -0.25) is 4.79 Å². The van der Waals surface area contributed by atoms with E-state index in [1.807, 2.05) is 60.7 Å². The van der Waals surface area contributed by atoms with Crippen molar-refractivity contribution in [3.8, 4) is 0 Å². The van der Waals surface area contributed by atoms with E-state index in [9.17, 15) is 31.1 Å². The van der Waals surface area contributed by atoms with Gasteiger partial charge in [-0.05, 0) is 41.3 Å². The predicted octanol–water partition coefficient (Wildman–Crippen LogP) is 7.31. The Balaban J connectivity index is 1.68. The number of carbonyl (C=O) groups excluding carboxylic acids is 1. The van der Waals surface area contributed by atoms with Crippen LogP contribution in [-0.2, 0) is 28.5 Å². The largest absolute Gasteiger partial charge is 0.416 e. The molecule has 0 bridgehead atoms. The van der Waals surface area contributed by atoms with Crippen LogP contribution >= 0.6 is 0 Å². The zero-order valence-corrected chi connectivity index (χ0v) is 20.6. The fourth-order valence-corrected chi connectivity index (χ4v) is 5.09. The molecule has 0 saturated carbocycles. The first kappa shape index (κ1) is 27.7. The second-order valence-electron chi connectivity index (χ2n) is 9.48. The van der Waals surface area contributed by atoms with E-state index in [1.165, 1.54) is 6.92 Å². The molecule has 202 valence electrons. The van der Waals surface area contributed by atoms with Crippen LogP contribution in [0.25, 0.3) is 0 Å². The number of carbonyl (C=O) groups is 1. The lowest BCUT2D eigenvalue weighted by molar-refractivity contribution is -0.143. The average molecular weight is 536 g/mol. The van der Waals surface area contributed by atoms with Gasteiger partial charge in [0.2, 0.25) is 5.91 Å². The molecular weight excluding hydrogens is 508 g/mol. The summed E-state index contributed by atoms with van der Waals surface area (Å²) in [6.07, 6.45) is -9.99. The Kier molecular flexibility index (Phi) is 8.16. The van der Waals surface area contributed by atoms with Crippen LogP contribution in [-0.4, -0.2) is 30.0 Å². The molecule has 38 heavy (non-hydrogen) atoms. The van der Waals surface area contributed by atoms with Crippen molar-refractivity contribution in [3.63, 3.8) is 0 Å². The van der Waals surface area contributed by atoms with E-state index >= 15 is 0 Å². The maximum absolute atomic E-state index is 13.3. The van der Waals surface area contributed by atoms with E-state index in [0.29, 0.717) is 31.6 Å². The van der Waals surface area contributed by atoms with Gasteiger partial charge < -0.3 is 9.64 Å². The summed E-state index contributed by atoms with van der Waals surface area (Å²) < 4.78 is 86.2. The zero-order chi connectivity index (χ0) is 27.5. The van der Waals surface area contributed by atoms with Crippen molar-refractivity contribution >= 4 is 5.91 Å². The van der Waals surface area contributed by atoms with E-state index in [-0.39, 0.29) is 29.4 Å². The Morgan fingerprint density at radius 3 is 1.82 bits per heavy atom. The molecule has 4 rings (SSSR count). The summed E-state index contributed by atoms with van der Waals surface area (Å²) in [6.45, 7) is 1.76. The zero-order valence-electron chi connectivity index (χ0n) is 20.6. The number of alkyl halides is 6. The molecule has 9 heteroatoms.